The Hall–Kier alpha value is -2.70. The summed E-state index contributed by atoms with van der Waals surface area (Å²) in [6.07, 6.45) is 0.857. The molecule has 6 heteroatoms. The van der Waals surface area contributed by atoms with Crippen molar-refractivity contribution in [2.24, 2.45) is 0 Å². The van der Waals surface area contributed by atoms with Crippen molar-refractivity contribution >= 4 is 17.5 Å². The molecule has 0 aromatic heterocycles. The van der Waals surface area contributed by atoms with Gasteiger partial charge in [0.1, 0.15) is 6.04 Å². The second kappa shape index (κ2) is 10.2. The topological polar surface area (TPSA) is 64.7 Å². The van der Waals surface area contributed by atoms with Crippen LogP contribution in [0.1, 0.15) is 18.1 Å². The molecule has 2 aromatic carbocycles. The summed E-state index contributed by atoms with van der Waals surface area (Å²) in [5.74, 6) is -0.138. The van der Waals surface area contributed by atoms with E-state index in [1.807, 2.05) is 47.4 Å². The summed E-state index contributed by atoms with van der Waals surface area (Å²) in [6.45, 7) is 5.18. The second-order valence-electron chi connectivity index (χ2n) is 7.38. The summed E-state index contributed by atoms with van der Waals surface area (Å²) in [5.41, 5.74) is 3.18. The van der Waals surface area contributed by atoms with E-state index >= 15 is 0 Å². The van der Waals surface area contributed by atoms with Crippen LogP contribution in [0, 0.1) is 0 Å². The van der Waals surface area contributed by atoms with Gasteiger partial charge in [-0.1, -0.05) is 55.5 Å². The van der Waals surface area contributed by atoms with Crippen LogP contribution in [0.5, 0.6) is 0 Å². The molecule has 3 rings (SSSR count). The zero-order valence-electron chi connectivity index (χ0n) is 17.2. The van der Waals surface area contributed by atoms with Gasteiger partial charge in [0.2, 0.25) is 11.8 Å². The number of hydrogen-bond acceptors (Lipinski definition) is 4. The van der Waals surface area contributed by atoms with Crippen LogP contribution in [0.4, 0.5) is 5.69 Å². The van der Waals surface area contributed by atoms with Gasteiger partial charge in [-0.15, -0.1) is 0 Å². The summed E-state index contributed by atoms with van der Waals surface area (Å²) in [4.78, 5) is 29.4. The van der Waals surface area contributed by atoms with Crippen molar-refractivity contribution in [2.75, 3.05) is 38.5 Å². The van der Waals surface area contributed by atoms with Crippen molar-refractivity contribution in [3.05, 3.63) is 65.7 Å². The van der Waals surface area contributed by atoms with Crippen LogP contribution >= 0.6 is 0 Å². The van der Waals surface area contributed by atoms with Gasteiger partial charge in [0, 0.05) is 38.9 Å². The minimum absolute atomic E-state index is 0.0514. The van der Waals surface area contributed by atoms with Crippen LogP contribution in [0.15, 0.2) is 54.6 Å². The van der Waals surface area contributed by atoms with Crippen molar-refractivity contribution in [2.45, 2.75) is 25.9 Å². The van der Waals surface area contributed by atoms with E-state index in [2.05, 4.69) is 34.6 Å². The zero-order chi connectivity index (χ0) is 20.6. The highest BCUT2D eigenvalue weighted by Crippen LogP contribution is 2.17. The van der Waals surface area contributed by atoms with Crippen LogP contribution in [0.25, 0.3) is 0 Å². The molecule has 2 amide bonds. The van der Waals surface area contributed by atoms with E-state index in [9.17, 15) is 9.59 Å². The summed E-state index contributed by atoms with van der Waals surface area (Å²) < 4.78 is 0. The van der Waals surface area contributed by atoms with Crippen molar-refractivity contribution < 1.29 is 9.59 Å². The Morgan fingerprint density at radius 1 is 1.03 bits per heavy atom. The van der Waals surface area contributed by atoms with Crippen LogP contribution in [0.3, 0.4) is 0 Å². The molecule has 0 spiro atoms. The van der Waals surface area contributed by atoms with E-state index in [-0.39, 0.29) is 24.4 Å². The lowest BCUT2D eigenvalue weighted by Gasteiger charge is -2.40. The Kier molecular flexibility index (Phi) is 7.38. The number of para-hydroxylation sites is 1. The fourth-order valence-corrected chi connectivity index (χ4v) is 3.79. The lowest BCUT2D eigenvalue weighted by atomic mass is 10.1. The zero-order valence-corrected chi connectivity index (χ0v) is 17.2. The van der Waals surface area contributed by atoms with Crippen LogP contribution in [-0.2, 0) is 22.6 Å². The van der Waals surface area contributed by atoms with E-state index in [4.69, 9.17) is 0 Å². The molecule has 0 radical (unpaired) electrons. The molecule has 154 valence electrons. The van der Waals surface area contributed by atoms with Gasteiger partial charge in [0.25, 0.3) is 0 Å². The molecule has 0 bridgehead atoms. The van der Waals surface area contributed by atoms with Gasteiger partial charge in [-0.3, -0.25) is 19.4 Å². The van der Waals surface area contributed by atoms with Gasteiger partial charge in [-0.05, 0) is 23.6 Å². The van der Waals surface area contributed by atoms with Gasteiger partial charge >= 0.3 is 0 Å². The highest BCUT2D eigenvalue weighted by Gasteiger charge is 2.33. The molecule has 1 unspecified atom stereocenters. The number of nitrogens with one attached hydrogen (secondary N) is 2. The molecule has 1 aliphatic rings. The largest absolute Gasteiger partial charge is 0.358 e. The maximum Gasteiger partial charge on any atom is 0.238 e. The molecule has 1 atom stereocenters. The first-order chi connectivity index (χ1) is 14.1. The number of hydrogen-bond donors (Lipinski definition) is 2. The maximum absolute atomic E-state index is 12.7. The van der Waals surface area contributed by atoms with Crippen molar-refractivity contribution in [1.29, 1.82) is 0 Å². The standard InChI is InChI=1S/C23H30N4O2/c1-3-19-11-7-8-12-20(19)25-22(28)17-27-14-13-26(16-21(27)23(29)24-2)15-18-9-5-4-6-10-18/h4-12,21H,3,13-17H2,1-2H3,(H,24,29)(H,25,28). The second-order valence-corrected chi connectivity index (χ2v) is 7.38. The number of likely N-dealkylation sites (N-methyl/N-ethyl adjacent to an activating group) is 1. The molecule has 2 aromatic rings. The van der Waals surface area contributed by atoms with Gasteiger partial charge in [-0.25, -0.2) is 0 Å². The fraction of sp³-hybridized carbons (Fsp3) is 0.391. The Morgan fingerprint density at radius 2 is 1.76 bits per heavy atom. The highest BCUT2D eigenvalue weighted by molar-refractivity contribution is 5.93. The fourth-order valence-electron chi connectivity index (χ4n) is 3.79. The normalized spacial score (nSPS) is 17.7. The van der Waals surface area contributed by atoms with Crippen molar-refractivity contribution in [3.8, 4) is 0 Å². The number of aryl methyl sites for hydroxylation is 1. The van der Waals surface area contributed by atoms with E-state index in [1.54, 1.807) is 7.05 Å². The molecule has 0 saturated carbocycles. The lowest BCUT2D eigenvalue weighted by Crippen LogP contribution is -2.59. The molecule has 2 N–H and O–H groups in total. The third-order valence-electron chi connectivity index (χ3n) is 5.39. The van der Waals surface area contributed by atoms with Crippen molar-refractivity contribution in [3.63, 3.8) is 0 Å². The summed E-state index contributed by atoms with van der Waals surface area (Å²) in [6, 6.07) is 17.7. The Bertz CT molecular complexity index is 825. The maximum atomic E-state index is 12.7. The minimum Gasteiger partial charge on any atom is -0.358 e. The molecular formula is C23H30N4O2. The number of carbonyl (C=O) groups excluding carboxylic acids is 2. The number of anilines is 1. The first kappa shape index (κ1) is 21.0. The molecule has 0 aliphatic carbocycles. The van der Waals surface area contributed by atoms with E-state index in [0.29, 0.717) is 13.1 Å². The number of benzene rings is 2. The molecular weight excluding hydrogens is 364 g/mol. The average molecular weight is 395 g/mol. The van der Waals surface area contributed by atoms with Crippen LogP contribution < -0.4 is 10.6 Å². The first-order valence-electron chi connectivity index (χ1n) is 10.2. The number of nitrogens with zero attached hydrogens (tertiary/aromatic N) is 2. The van der Waals surface area contributed by atoms with Gasteiger partial charge in [-0.2, -0.15) is 0 Å². The summed E-state index contributed by atoms with van der Waals surface area (Å²) >= 11 is 0. The molecule has 29 heavy (non-hydrogen) atoms. The molecule has 1 aliphatic heterocycles. The number of piperazine rings is 1. The predicted octanol–water partition coefficient (Wildman–Crippen LogP) is 2.12. The van der Waals surface area contributed by atoms with Gasteiger partial charge in [0.05, 0.1) is 6.54 Å². The van der Waals surface area contributed by atoms with E-state index in [0.717, 1.165) is 30.8 Å². The molecule has 1 fully saturated rings. The third kappa shape index (κ3) is 5.65. The first-order valence-corrected chi connectivity index (χ1v) is 10.2. The smallest absolute Gasteiger partial charge is 0.238 e. The van der Waals surface area contributed by atoms with Gasteiger partial charge < -0.3 is 10.6 Å². The number of carbonyl (C=O) groups is 2. The highest BCUT2D eigenvalue weighted by atomic mass is 16.2. The average Bonchev–Trinajstić information content (AvgIpc) is 2.75. The lowest BCUT2D eigenvalue weighted by molar-refractivity contribution is -0.130. The molecule has 6 nitrogen and oxygen atoms in total. The Labute approximate surface area is 172 Å². The number of amides is 2. The molecule has 1 saturated heterocycles. The quantitative estimate of drug-likeness (QED) is 0.755. The predicted molar refractivity (Wildman–Crippen MR) is 116 cm³/mol. The Balaban J connectivity index is 1.63. The van der Waals surface area contributed by atoms with Gasteiger partial charge in [0.15, 0.2) is 0 Å². The summed E-state index contributed by atoms with van der Waals surface area (Å²) in [5, 5.41) is 5.76. The van der Waals surface area contributed by atoms with E-state index in [1.165, 1.54) is 5.56 Å². The van der Waals surface area contributed by atoms with E-state index < -0.39 is 0 Å². The Morgan fingerprint density at radius 3 is 2.48 bits per heavy atom. The van der Waals surface area contributed by atoms with Crippen LogP contribution in [-0.4, -0.2) is 60.9 Å². The summed E-state index contributed by atoms with van der Waals surface area (Å²) in [7, 11) is 1.65. The van der Waals surface area contributed by atoms with Crippen LogP contribution in [0.2, 0.25) is 0 Å². The van der Waals surface area contributed by atoms with Crippen molar-refractivity contribution in [1.82, 2.24) is 15.1 Å². The molecule has 1 heterocycles. The minimum atomic E-state index is -0.343. The number of rotatable bonds is 7. The monoisotopic (exact) mass is 394 g/mol. The SMILES string of the molecule is CCc1ccccc1NC(=O)CN1CCN(Cc2ccccc2)CC1C(=O)NC. The third-order valence-corrected chi connectivity index (χ3v) is 5.39.